The predicted molar refractivity (Wildman–Crippen MR) is 101 cm³/mol. The van der Waals surface area contributed by atoms with Crippen molar-refractivity contribution in [2.75, 3.05) is 28.4 Å². The largest absolute Gasteiger partial charge is 0.493 e. The molecule has 0 bridgehead atoms. The Morgan fingerprint density at radius 2 is 0.929 bits per heavy atom. The van der Waals surface area contributed by atoms with E-state index in [0.29, 0.717) is 45.3 Å². The summed E-state index contributed by atoms with van der Waals surface area (Å²) in [6.07, 6.45) is -0.562. The lowest BCUT2D eigenvalue weighted by Crippen LogP contribution is -2.07. The van der Waals surface area contributed by atoms with E-state index in [4.69, 9.17) is 18.9 Å². The summed E-state index contributed by atoms with van der Waals surface area (Å²) in [5.74, 6) is -0.529. The Hall–Kier alpha value is -3.42. The standard InChI is InChI=1S/C20H22O8/c1-25-15-5-11(7-19(21)22)13(9-17(15)27-3)14-10-18(28-4)16(26-2)6-12(14)8-20(23)24/h5-6,9-10H,7-8H2,1-4H3,(H,21,22)(H,23,24). The number of benzene rings is 2. The van der Waals surface area contributed by atoms with Crippen LogP contribution >= 0.6 is 0 Å². The van der Waals surface area contributed by atoms with E-state index in [9.17, 15) is 19.8 Å². The number of rotatable bonds is 9. The zero-order chi connectivity index (χ0) is 20.8. The summed E-state index contributed by atoms with van der Waals surface area (Å²) < 4.78 is 21.2. The van der Waals surface area contributed by atoms with Crippen LogP contribution in [0.3, 0.4) is 0 Å². The Balaban J connectivity index is 2.82. The van der Waals surface area contributed by atoms with Crippen LogP contribution < -0.4 is 18.9 Å². The van der Waals surface area contributed by atoms with Crippen molar-refractivity contribution < 1.29 is 38.7 Å². The third kappa shape index (κ3) is 4.46. The number of aliphatic carboxylic acids is 2. The van der Waals surface area contributed by atoms with E-state index in [1.54, 1.807) is 24.3 Å². The van der Waals surface area contributed by atoms with Crippen molar-refractivity contribution in [1.29, 1.82) is 0 Å². The molecule has 0 unspecified atom stereocenters. The molecule has 8 nitrogen and oxygen atoms in total. The molecule has 0 aliphatic heterocycles. The predicted octanol–water partition coefficient (Wildman–Crippen LogP) is 2.64. The van der Waals surface area contributed by atoms with Gasteiger partial charge < -0.3 is 29.2 Å². The van der Waals surface area contributed by atoms with Crippen molar-refractivity contribution in [2.45, 2.75) is 12.8 Å². The second kappa shape index (κ2) is 8.98. The maximum atomic E-state index is 11.4. The van der Waals surface area contributed by atoms with Gasteiger partial charge in [-0.2, -0.15) is 0 Å². The van der Waals surface area contributed by atoms with Gasteiger partial charge in [-0.1, -0.05) is 0 Å². The first-order chi connectivity index (χ1) is 13.3. The molecule has 0 amide bonds. The Morgan fingerprint density at radius 1 is 0.643 bits per heavy atom. The molecule has 0 fully saturated rings. The summed E-state index contributed by atoms with van der Waals surface area (Å²) in [7, 11) is 5.83. The SMILES string of the molecule is COc1cc(CC(=O)O)c(-c2cc(OC)c(OC)cc2CC(=O)O)cc1OC. The number of hydrogen-bond acceptors (Lipinski definition) is 6. The lowest BCUT2D eigenvalue weighted by molar-refractivity contribution is -0.137. The van der Waals surface area contributed by atoms with Gasteiger partial charge in [0.2, 0.25) is 0 Å². The van der Waals surface area contributed by atoms with Gasteiger partial charge in [0, 0.05) is 0 Å². The van der Waals surface area contributed by atoms with Crippen molar-refractivity contribution in [1.82, 2.24) is 0 Å². The second-order valence-corrected chi connectivity index (χ2v) is 5.87. The zero-order valence-corrected chi connectivity index (χ0v) is 16.1. The van der Waals surface area contributed by atoms with E-state index in [0.717, 1.165) is 0 Å². The second-order valence-electron chi connectivity index (χ2n) is 5.87. The molecule has 0 atom stereocenters. The van der Waals surface area contributed by atoms with Crippen LogP contribution in [0.4, 0.5) is 0 Å². The number of carbonyl (C=O) groups is 2. The molecule has 2 rings (SSSR count). The number of carboxylic acids is 2. The third-order valence-electron chi connectivity index (χ3n) is 4.19. The number of methoxy groups -OCH3 is 4. The lowest BCUT2D eigenvalue weighted by Gasteiger charge is -2.18. The van der Waals surface area contributed by atoms with Gasteiger partial charge in [0.1, 0.15) is 0 Å². The van der Waals surface area contributed by atoms with Gasteiger partial charge in [-0.15, -0.1) is 0 Å². The summed E-state index contributed by atoms with van der Waals surface area (Å²) in [6, 6.07) is 6.40. The molecule has 0 spiro atoms. The van der Waals surface area contributed by atoms with E-state index >= 15 is 0 Å². The van der Waals surface area contributed by atoms with Crippen LogP contribution in [-0.2, 0) is 22.4 Å². The first kappa shape index (κ1) is 20.9. The molecule has 2 aromatic carbocycles. The van der Waals surface area contributed by atoms with E-state index in [-0.39, 0.29) is 12.8 Å². The highest BCUT2D eigenvalue weighted by Crippen LogP contribution is 2.41. The molecular formula is C20H22O8. The fourth-order valence-corrected chi connectivity index (χ4v) is 2.96. The molecule has 8 heteroatoms. The highest BCUT2D eigenvalue weighted by Gasteiger charge is 2.20. The van der Waals surface area contributed by atoms with Crippen molar-refractivity contribution in [3.63, 3.8) is 0 Å². The molecule has 2 aromatic rings. The van der Waals surface area contributed by atoms with Crippen molar-refractivity contribution >= 4 is 11.9 Å². The number of ether oxygens (including phenoxy) is 4. The normalized spacial score (nSPS) is 10.3. The van der Waals surface area contributed by atoms with Crippen LogP contribution in [0.2, 0.25) is 0 Å². The topological polar surface area (TPSA) is 112 Å². The Bertz CT molecular complexity index is 815. The molecule has 0 heterocycles. The Morgan fingerprint density at radius 3 is 1.18 bits per heavy atom. The minimum absolute atomic E-state index is 0.281. The van der Waals surface area contributed by atoms with Crippen LogP contribution in [0.15, 0.2) is 24.3 Å². The van der Waals surface area contributed by atoms with Crippen molar-refractivity contribution in [3.05, 3.63) is 35.4 Å². The first-order valence-electron chi connectivity index (χ1n) is 8.28. The molecule has 0 saturated heterocycles. The third-order valence-corrected chi connectivity index (χ3v) is 4.19. The van der Waals surface area contributed by atoms with Gasteiger partial charge in [-0.05, 0) is 46.5 Å². The highest BCUT2D eigenvalue weighted by atomic mass is 16.5. The van der Waals surface area contributed by atoms with E-state index in [1.807, 2.05) is 0 Å². The molecular weight excluding hydrogens is 368 g/mol. The minimum atomic E-state index is -1.03. The molecule has 0 aliphatic carbocycles. The summed E-state index contributed by atoms with van der Waals surface area (Å²) >= 11 is 0. The summed E-state index contributed by atoms with van der Waals surface area (Å²) in [5, 5.41) is 18.6. The lowest BCUT2D eigenvalue weighted by atomic mass is 9.91. The van der Waals surface area contributed by atoms with Crippen LogP contribution in [0, 0.1) is 0 Å². The minimum Gasteiger partial charge on any atom is -0.493 e. The molecule has 2 N–H and O–H groups in total. The Kier molecular flexibility index (Phi) is 6.70. The van der Waals surface area contributed by atoms with E-state index in [2.05, 4.69) is 0 Å². The van der Waals surface area contributed by atoms with Gasteiger partial charge in [0.25, 0.3) is 0 Å². The molecule has 28 heavy (non-hydrogen) atoms. The zero-order valence-electron chi connectivity index (χ0n) is 16.1. The maximum Gasteiger partial charge on any atom is 0.307 e. The average molecular weight is 390 g/mol. The number of carboxylic acid groups (broad SMARTS) is 2. The highest BCUT2D eigenvalue weighted by molar-refractivity contribution is 5.83. The average Bonchev–Trinajstić information content (AvgIpc) is 2.66. The van der Waals surface area contributed by atoms with Crippen LogP contribution in [0.5, 0.6) is 23.0 Å². The summed E-state index contributed by atoms with van der Waals surface area (Å²) in [6.45, 7) is 0. The van der Waals surface area contributed by atoms with Gasteiger partial charge in [0.15, 0.2) is 23.0 Å². The number of hydrogen-bond donors (Lipinski definition) is 2. The van der Waals surface area contributed by atoms with Crippen molar-refractivity contribution in [3.8, 4) is 34.1 Å². The van der Waals surface area contributed by atoms with Gasteiger partial charge in [0.05, 0.1) is 41.3 Å². The van der Waals surface area contributed by atoms with Crippen LogP contribution in [0.25, 0.3) is 11.1 Å². The smallest absolute Gasteiger partial charge is 0.307 e. The van der Waals surface area contributed by atoms with Crippen LogP contribution in [-0.4, -0.2) is 50.6 Å². The molecule has 0 saturated carbocycles. The molecule has 0 aliphatic rings. The molecule has 0 radical (unpaired) electrons. The van der Waals surface area contributed by atoms with Gasteiger partial charge >= 0.3 is 11.9 Å². The quantitative estimate of drug-likeness (QED) is 0.672. The summed E-state index contributed by atoms with van der Waals surface area (Å²) in [4.78, 5) is 22.8. The molecule has 0 aromatic heterocycles. The maximum absolute atomic E-state index is 11.4. The van der Waals surface area contributed by atoms with Crippen molar-refractivity contribution in [2.24, 2.45) is 0 Å². The van der Waals surface area contributed by atoms with Gasteiger partial charge in [-0.3, -0.25) is 9.59 Å². The van der Waals surface area contributed by atoms with Crippen LogP contribution in [0.1, 0.15) is 11.1 Å². The summed E-state index contributed by atoms with van der Waals surface area (Å²) in [5.41, 5.74) is 1.92. The fourth-order valence-electron chi connectivity index (χ4n) is 2.96. The Labute approximate surface area is 162 Å². The van der Waals surface area contributed by atoms with Gasteiger partial charge in [-0.25, -0.2) is 0 Å². The monoisotopic (exact) mass is 390 g/mol. The van der Waals surface area contributed by atoms with E-state index in [1.165, 1.54) is 28.4 Å². The first-order valence-corrected chi connectivity index (χ1v) is 8.28. The molecule has 150 valence electrons. The van der Waals surface area contributed by atoms with E-state index < -0.39 is 11.9 Å². The fraction of sp³-hybridized carbons (Fsp3) is 0.300.